The van der Waals surface area contributed by atoms with Crippen LogP contribution in [0.15, 0.2) is 65.7 Å². The summed E-state index contributed by atoms with van der Waals surface area (Å²) in [5.41, 5.74) is 4.77. The van der Waals surface area contributed by atoms with Gasteiger partial charge in [0.15, 0.2) is 0 Å². The Labute approximate surface area is 193 Å². The fraction of sp³-hybridized carbons (Fsp3) is 0.240. The molecule has 1 unspecified atom stereocenters. The molecule has 8 heteroatoms. The van der Waals surface area contributed by atoms with Gasteiger partial charge < -0.3 is 5.32 Å². The summed E-state index contributed by atoms with van der Waals surface area (Å²) < 4.78 is 44.2. The zero-order valence-corrected chi connectivity index (χ0v) is 19.9. The second kappa shape index (κ2) is 8.96. The van der Waals surface area contributed by atoms with Crippen molar-refractivity contribution in [2.75, 3.05) is 11.9 Å². The van der Waals surface area contributed by atoms with Gasteiger partial charge in [-0.15, -0.1) is 0 Å². The van der Waals surface area contributed by atoms with E-state index in [0.29, 0.717) is 17.1 Å². The van der Waals surface area contributed by atoms with Gasteiger partial charge in [-0.05, 0) is 69.2 Å². The van der Waals surface area contributed by atoms with Crippen molar-refractivity contribution < 1.29 is 12.8 Å². The molecule has 4 aromatic rings. The first-order valence-corrected chi connectivity index (χ1v) is 12.2. The van der Waals surface area contributed by atoms with Crippen LogP contribution >= 0.6 is 0 Å². The largest absolute Gasteiger partial charge is 0.383 e. The standard InChI is InChI=1S/C25H27FN4O2S/c1-16-11-17(2)25(18(3)12-16)33(31,32)29-19(4)14-27-23-9-6-10-24-22(23)15-28-30(24)21-8-5-7-20(26)13-21/h5-13,15,19,27,29H,14H2,1-4H3. The summed E-state index contributed by atoms with van der Waals surface area (Å²) in [4.78, 5) is 0.332. The molecule has 0 bridgehead atoms. The number of nitrogens with one attached hydrogen (secondary N) is 2. The summed E-state index contributed by atoms with van der Waals surface area (Å²) in [5.74, 6) is -0.328. The molecule has 33 heavy (non-hydrogen) atoms. The SMILES string of the molecule is Cc1cc(C)c(S(=O)(=O)NC(C)CNc2cccc3c2cnn3-c2cccc(F)c2)c(C)c1. The second-order valence-corrected chi connectivity index (χ2v) is 10.1. The number of aryl methyl sites for hydroxylation is 3. The molecule has 4 rings (SSSR count). The topological polar surface area (TPSA) is 76.0 Å². The van der Waals surface area contributed by atoms with Gasteiger partial charge in [-0.25, -0.2) is 22.2 Å². The normalized spacial score (nSPS) is 12.8. The zero-order chi connectivity index (χ0) is 23.8. The maximum Gasteiger partial charge on any atom is 0.241 e. The van der Waals surface area contributed by atoms with Crippen molar-refractivity contribution in [3.8, 4) is 5.69 Å². The molecule has 0 aliphatic carbocycles. The number of sulfonamides is 1. The average Bonchev–Trinajstić information content (AvgIpc) is 3.15. The molecule has 0 saturated heterocycles. The quantitative estimate of drug-likeness (QED) is 0.408. The van der Waals surface area contributed by atoms with Crippen LogP contribution in [0.2, 0.25) is 0 Å². The van der Waals surface area contributed by atoms with E-state index in [0.717, 1.165) is 33.3 Å². The molecule has 0 fully saturated rings. The van der Waals surface area contributed by atoms with Crippen LogP contribution in [0.4, 0.5) is 10.1 Å². The number of rotatable bonds is 7. The van der Waals surface area contributed by atoms with E-state index in [1.54, 1.807) is 23.0 Å². The Morgan fingerprint density at radius 1 is 1.03 bits per heavy atom. The summed E-state index contributed by atoms with van der Waals surface area (Å²) in [5, 5.41) is 8.60. The number of fused-ring (bicyclic) bond motifs is 1. The Hall–Kier alpha value is -3.23. The molecule has 6 nitrogen and oxygen atoms in total. The lowest BCUT2D eigenvalue weighted by Gasteiger charge is -2.18. The van der Waals surface area contributed by atoms with E-state index in [-0.39, 0.29) is 11.9 Å². The van der Waals surface area contributed by atoms with Gasteiger partial charge in [-0.2, -0.15) is 5.10 Å². The Bertz CT molecular complexity index is 1410. The molecule has 0 aliphatic heterocycles. The highest BCUT2D eigenvalue weighted by molar-refractivity contribution is 7.89. The minimum absolute atomic E-state index is 0.328. The summed E-state index contributed by atoms with van der Waals surface area (Å²) in [7, 11) is -3.66. The Morgan fingerprint density at radius 2 is 1.73 bits per heavy atom. The predicted octanol–water partition coefficient (Wildman–Crippen LogP) is 4.87. The lowest BCUT2D eigenvalue weighted by atomic mass is 10.1. The van der Waals surface area contributed by atoms with E-state index >= 15 is 0 Å². The minimum Gasteiger partial charge on any atom is -0.383 e. The lowest BCUT2D eigenvalue weighted by molar-refractivity contribution is 0.564. The molecule has 1 aromatic heterocycles. The first kappa shape index (κ1) is 22.9. The second-order valence-electron chi connectivity index (χ2n) is 8.41. The van der Waals surface area contributed by atoms with Gasteiger partial charge >= 0.3 is 0 Å². The third-order valence-corrected chi connectivity index (χ3v) is 7.39. The van der Waals surface area contributed by atoms with Gasteiger partial charge in [0.1, 0.15) is 5.82 Å². The van der Waals surface area contributed by atoms with Crippen molar-refractivity contribution >= 4 is 26.6 Å². The van der Waals surface area contributed by atoms with Crippen LogP contribution in [-0.2, 0) is 10.0 Å². The number of benzene rings is 3. The third kappa shape index (κ3) is 4.77. The summed E-state index contributed by atoms with van der Waals surface area (Å²) >= 11 is 0. The highest BCUT2D eigenvalue weighted by atomic mass is 32.2. The van der Waals surface area contributed by atoms with Gasteiger partial charge in [0.05, 0.1) is 22.3 Å². The Kier molecular flexibility index (Phi) is 6.23. The molecule has 172 valence electrons. The van der Waals surface area contributed by atoms with Crippen molar-refractivity contribution in [3.63, 3.8) is 0 Å². The monoisotopic (exact) mass is 466 g/mol. The molecular formula is C25H27FN4O2S. The molecule has 0 saturated carbocycles. The van der Waals surface area contributed by atoms with Crippen LogP contribution in [0.3, 0.4) is 0 Å². The number of anilines is 1. The highest BCUT2D eigenvalue weighted by Gasteiger charge is 2.22. The smallest absolute Gasteiger partial charge is 0.241 e. The van der Waals surface area contributed by atoms with E-state index in [1.807, 2.05) is 58.0 Å². The van der Waals surface area contributed by atoms with Crippen LogP contribution in [0.1, 0.15) is 23.6 Å². The summed E-state index contributed by atoms with van der Waals surface area (Å²) in [6, 6.07) is 15.4. The molecule has 0 amide bonds. The van der Waals surface area contributed by atoms with Gasteiger partial charge in [0, 0.05) is 23.7 Å². The predicted molar refractivity (Wildman–Crippen MR) is 130 cm³/mol. The van der Waals surface area contributed by atoms with E-state index < -0.39 is 10.0 Å². The van der Waals surface area contributed by atoms with Crippen LogP contribution in [0.5, 0.6) is 0 Å². The fourth-order valence-corrected chi connectivity index (χ4v) is 5.93. The molecule has 0 radical (unpaired) electrons. The average molecular weight is 467 g/mol. The number of hydrogen-bond donors (Lipinski definition) is 2. The minimum atomic E-state index is -3.66. The van der Waals surface area contributed by atoms with Gasteiger partial charge in [-0.1, -0.05) is 29.8 Å². The fourth-order valence-electron chi connectivity index (χ4n) is 4.24. The number of hydrogen-bond acceptors (Lipinski definition) is 4. The van der Waals surface area contributed by atoms with Crippen molar-refractivity contribution in [2.24, 2.45) is 0 Å². The maximum absolute atomic E-state index is 13.7. The van der Waals surface area contributed by atoms with Crippen LogP contribution < -0.4 is 10.0 Å². The first-order chi connectivity index (χ1) is 15.7. The van der Waals surface area contributed by atoms with E-state index in [1.165, 1.54) is 12.1 Å². The van der Waals surface area contributed by atoms with Crippen molar-refractivity contribution in [1.29, 1.82) is 0 Å². The van der Waals surface area contributed by atoms with Gasteiger partial charge in [0.25, 0.3) is 0 Å². The molecule has 0 spiro atoms. The third-order valence-electron chi connectivity index (χ3n) is 5.49. The molecule has 3 aromatic carbocycles. The molecule has 1 atom stereocenters. The zero-order valence-electron chi connectivity index (χ0n) is 19.1. The summed E-state index contributed by atoms with van der Waals surface area (Å²) in [6.07, 6.45) is 1.72. The van der Waals surface area contributed by atoms with Crippen molar-refractivity contribution in [3.05, 3.63) is 83.3 Å². The van der Waals surface area contributed by atoms with Crippen LogP contribution in [-0.4, -0.2) is 30.8 Å². The molecule has 0 aliphatic rings. The number of nitrogens with zero attached hydrogens (tertiary/aromatic N) is 2. The maximum atomic E-state index is 13.7. The van der Waals surface area contributed by atoms with Crippen LogP contribution in [0, 0.1) is 26.6 Å². The molecular weight excluding hydrogens is 439 g/mol. The van der Waals surface area contributed by atoms with E-state index in [4.69, 9.17) is 0 Å². The number of aromatic nitrogens is 2. The Morgan fingerprint density at radius 3 is 2.42 bits per heavy atom. The number of halogens is 1. The van der Waals surface area contributed by atoms with E-state index in [2.05, 4.69) is 15.1 Å². The lowest BCUT2D eigenvalue weighted by Crippen LogP contribution is -2.38. The summed E-state index contributed by atoms with van der Waals surface area (Å²) in [6.45, 7) is 7.78. The molecule has 1 heterocycles. The Balaban J connectivity index is 1.52. The van der Waals surface area contributed by atoms with Crippen LogP contribution in [0.25, 0.3) is 16.6 Å². The highest BCUT2D eigenvalue weighted by Crippen LogP contribution is 2.26. The van der Waals surface area contributed by atoms with Gasteiger partial charge in [0.2, 0.25) is 10.0 Å². The molecule has 2 N–H and O–H groups in total. The van der Waals surface area contributed by atoms with Gasteiger partial charge in [-0.3, -0.25) is 0 Å². The van der Waals surface area contributed by atoms with Crippen molar-refractivity contribution in [1.82, 2.24) is 14.5 Å². The first-order valence-electron chi connectivity index (χ1n) is 10.7. The van der Waals surface area contributed by atoms with E-state index in [9.17, 15) is 12.8 Å². The van der Waals surface area contributed by atoms with Crippen molar-refractivity contribution in [2.45, 2.75) is 38.6 Å².